The fraction of sp³-hybridized carbons (Fsp3) is 0.222. The van der Waals surface area contributed by atoms with Crippen LogP contribution < -0.4 is 0 Å². The number of carbonyl (C=O) groups excluding carboxylic acids is 1. The van der Waals surface area contributed by atoms with Crippen LogP contribution in [0.3, 0.4) is 0 Å². The molecule has 4 nitrogen and oxygen atoms in total. The molecule has 4 rings (SSSR count). The number of amides is 1. The number of benzene rings is 3. The highest BCUT2D eigenvalue weighted by atomic mass is 16.5. The number of nitrogens with zero attached hydrogens (tertiary/aromatic N) is 2. The van der Waals surface area contributed by atoms with Crippen LogP contribution in [0.25, 0.3) is 10.8 Å². The first-order valence-electron chi connectivity index (χ1n) is 10.6. The molecule has 0 bridgehead atoms. The van der Waals surface area contributed by atoms with Gasteiger partial charge in [0.05, 0.1) is 13.2 Å². The second kappa shape index (κ2) is 9.63. The van der Waals surface area contributed by atoms with E-state index in [9.17, 15) is 4.79 Å². The zero-order valence-corrected chi connectivity index (χ0v) is 18.1. The van der Waals surface area contributed by atoms with E-state index in [0.717, 1.165) is 28.6 Å². The summed E-state index contributed by atoms with van der Waals surface area (Å²) in [5.74, 6) is 0.0251. The monoisotopic (exact) mass is 412 g/mol. The summed E-state index contributed by atoms with van der Waals surface area (Å²) in [7, 11) is 1.67. The zero-order valence-electron chi connectivity index (χ0n) is 18.1. The molecule has 1 heterocycles. The van der Waals surface area contributed by atoms with Crippen LogP contribution in [0.2, 0.25) is 0 Å². The molecule has 3 aromatic carbocycles. The van der Waals surface area contributed by atoms with Crippen molar-refractivity contribution in [3.8, 4) is 0 Å². The third-order valence-electron chi connectivity index (χ3n) is 5.58. The second-order valence-corrected chi connectivity index (χ2v) is 7.86. The topological polar surface area (TPSA) is 34.5 Å². The van der Waals surface area contributed by atoms with E-state index in [1.165, 1.54) is 11.1 Å². The number of ether oxygens (including phenoxy) is 1. The van der Waals surface area contributed by atoms with Crippen molar-refractivity contribution < 1.29 is 9.53 Å². The van der Waals surface area contributed by atoms with Crippen LogP contribution in [0.1, 0.15) is 27.2 Å². The Morgan fingerprint density at radius 3 is 2.61 bits per heavy atom. The molecular weight excluding hydrogens is 384 g/mol. The molecule has 1 aromatic heterocycles. The van der Waals surface area contributed by atoms with Gasteiger partial charge in [-0.2, -0.15) is 0 Å². The minimum atomic E-state index is 0.0251. The quantitative estimate of drug-likeness (QED) is 0.394. The van der Waals surface area contributed by atoms with E-state index in [2.05, 4.69) is 48.0 Å². The SMILES string of the molecule is COCCN(Cc1cccn1Cc1cccc(C)c1)C(=O)c1cccc2ccccc12. The summed E-state index contributed by atoms with van der Waals surface area (Å²) in [5, 5.41) is 2.05. The molecule has 0 fully saturated rings. The van der Waals surface area contributed by atoms with Gasteiger partial charge in [0.2, 0.25) is 0 Å². The maximum Gasteiger partial charge on any atom is 0.254 e. The fourth-order valence-electron chi connectivity index (χ4n) is 3.99. The van der Waals surface area contributed by atoms with Crippen molar-refractivity contribution in [1.82, 2.24) is 9.47 Å². The Hall–Kier alpha value is -3.37. The van der Waals surface area contributed by atoms with E-state index in [-0.39, 0.29) is 5.91 Å². The van der Waals surface area contributed by atoms with Crippen LogP contribution >= 0.6 is 0 Å². The number of aryl methyl sites for hydroxylation is 1. The lowest BCUT2D eigenvalue weighted by Crippen LogP contribution is -2.34. The van der Waals surface area contributed by atoms with Gasteiger partial charge in [-0.05, 0) is 41.5 Å². The van der Waals surface area contributed by atoms with Gasteiger partial charge in [0.15, 0.2) is 0 Å². The van der Waals surface area contributed by atoms with Crippen molar-refractivity contribution in [3.05, 3.63) is 107 Å². The second-order valence-electron chi connectivity index (χ2n) is 7.86. The van der Waals surface area contributed by atoms with Crippen LogP contribution in [-0.4, -0.2) is 35.6 Å². The van der Waals surface area contributed by atoms with Crippen LogP contribution in [0, 0.1) is 6.92 Å². The van der Waals surface area contributed by atoms with Gasteiger partial charge in [-0.1, -0.05) is 66.2 Å². The van der Waals surface area contributed by atoms with Crippen molar-refractivity contribution in [2.45, 2.75) is 20.0 Å². The number of methoxy groups -OCH3 is 1. The third-order valence-corrected chi connectivity index (χ3v) is 5.58. The highest BCUT2D eigenvalue weighted by molar-refractivity contribution is 6.07. The molecular formula is C27H28N2O2. The summed E-state index contributed by atoms with van der Waals surface area (Å²) in [4.78, 5) is 15.4. The number of hydrogen-bond donors (Lipinski definition) is 0. The zero-order chi connectivity index (χ0) is 21.6. The Morgan fingerprint density at radius 1 is 0.968 bits per heavy atom. The van der Waals surface area contributed by atoms with Gasteiger partial charge in [-0.15, -0.1) is 0 Å². The van der Waals surface area contributed by atoms with Gasteiger partial charge in [0.25, 0.3) is 5.91 Å². The van der Waals surface area contributed by atoms with Crippen molar-refractivity contribution in [3.63, 3.8) is 0 Å². The molecule has 1 amide bonds. The van der Waals surface area contributed by atoms with Gasteiger partial charge < -0.3 is 14.2 Å². The molecule has 0 N–H and O–H groups in total. The Kier molecular flexibility index (Phi) is 6.48. The molecule has 0 aliphatic rings. The molecule has 31 heavy (non-hydrogen) atoms. The van der Waals surface area contributed by atoms with E-state index in [1.807, 2.05) is 53.4 Å². The van der Waals surface area contributed by atoms with Gasteiger partial charge in [-0.3, -0.25) is 4.79 Å². The molecule has 4 aromatic rings. The first-order valence-corrected chi connectivity index (χ1v) is 10.6. The van der Waals surface area contributed by atoms with Gasteiger partial charge >= 0.3 is 0 Å². The van der Waals surface area contributed by atoms with E-state index in [0.29, 0.717) is 19.7 Å². The first-order chi connectivity index (χ1) is 15.2. The summed E-state index contributed by atoms with van der Waals surface area (Å²) in [5.41, 5.74) is 4.33. The van der Waals surface area contributed by atoms with Gasteiger partial charge in [0, 0.05) is 37.7 Å². The van der Waals surface area contributed by atoms with Gasteiger partial charge in [-0.25, -0.2) is 0 Å². The molecule has 0 spiro atoms. The highest BCUT2D eigenvalue weighted by Gasteiger charge is 2.19. The third kappa shape index (κ3) is 4.86. The predicted molar refractivity (Wildman–Crippen MR) is 125 cm³/mol. The first kappa shape index (κ1) is 20.9. The van der Waals surface area contributed by atoms with Crippen molar-refractivity contribution in [1.29, 1.82) is 0 Å². The summed E-state index contributed by atoms with van der Waals surface area (Å²) in [6.45, 7) is 4.45. The molecule has 0 unspecified atom stereocenters. The predicted octanol–water partition coefficient (Wildman–Crippen LogP) is 5.29. The molecule has 0 atom stereocenters. The smallest absolute Gasteiger partial charge is 0.254 e. The number of rotatable bonds is 8. The summed E-state index contributed by atoms with van der Waals surface area (Å²) >= 11 is 0. The Balaban J connectivity index is 1.61. The largest absolute Gasteiger partial charge is 0.383 e. The molecule has 0 saturated heterocycles. The number of carbonyl (C=O) groups is 1. The van der Waals surface area contributed by atoms with Crippen molar-refractivity contribution >= 4 is 16.7 Å². The Labute approximate surface area is 183 Å². The average molecular weight is 413 g/mol. The van der Waals surface area contributed by atoms with Crippen LogP contribution in [0.15, 0.2) is 85.1 Å². The summed E-state index contributed by atoms with van der Waals surface area (Å²) in [6.07, 6.45) is 2.08. The lowest BCUT2D eigenvalue weighted by molar-refractivity contribution is 0.0678. The molecule has 0 saturated carbocycles. The summed E-state index contributed by atoms with van der Waals surface area (Å²) < 4.78 is 7.52. The normalized spacial score (nSPS) is 11.0. The molecule has 0 radical (unpaired) electrons. The highest BCUT2D eigenvalue weighted by Crippen LogP contribution is 2.21. The van der Waals surface area contributed by atoms with E-state index in [1.54, 1.807) is 7.11 Å². The fourth-order valence-corrected chi connectivity index (χ4v) is 3.99. The number of aromatic nitrogens is 1. The van der Waals surface area contributed by atoms with Gasteiger partial charge in [0.1, 0.15) is 0 Å². The average Bonchev–Trinajstić information content (AvgIpc) is 3.22. The molecule has 0 aliphatic heterocycles. The van der Waals surface area contributed by atoms with Crippen molar-refractivity contribution in [2.24, 2.45) is 0 Å². The Morgan fingerprint density at radius 2 is 1.77 bits per heavy atom. The van der Waals surface area contributed by atoms with E-state index in [4.69, 9.17) is 4.74 Å². The van der Waals surface area contributed by atoms with Crippen LogP contribution in [-0.2, 0) is 17.8 Å². The molecule has 0 aliphatic carbocycles. The maximum absolute atomic E-state index is 13.6. The van der Waals surface area contributed by atoms with Crippen molar-refractivity contribution in [2.75, 3.05) is 20.3 Å². The molecule has 158 valence electrons. The van der Waals surface area contributed by atoms with E-state index >= 15 is 0 Å². The minimum Gasteiger partial charge on any atom is -0.383 e. The van der Waals surface area contributed by atoms with Crippen LogP contribution in [0.4, 0.5) is 0 Å². The number of fused-ring (bicyclic) bond motifs is 1. The number of hydrogen-bond acceptors (Lipinski definition) is 2. The molecule has 4 heteroatoms. The van der Waals surface area contributed by atoms with Crippen LogP contribution in [0.5, 0.6) is 0 Å². The summed E-state index contributed by atoms with van der Waals surface area (Å²) in [6, 6.07) is 26.6. The standard InChI is InChI=1S/C27H28N2O2/c1-21-8-5-9-22(18-21)19-28-15-7-12-24(28)20-29(16-17-31-2)27(30)26-14-6-11-23-10-3-4-13-25(23)26/h3-15,18H,16-17,19-20H2,1-2H3. The Bertz CT molecular complexity index is 1170. The lowest BCUT2D eigenvalue weighted by atomic mass is 10.0. The minimum absolute atomic E-state index is 0.0251. The van der Waals surface area contributed by atoms with E-state index < -0.39 is 0 Å². The maximum atomic E-state index is 13.6. The lowest BCUT2D eigenvalue weighted by Gasteiger charge is -2.24.